The molecule has 1 aliphatic rings. The summed E-state index contributed by atoms with van der Waals surface area (Å²) < 4.78 is 5.60. The largest absolute Gasteiger partial charge is 0.480 e. The van der Waals surface area contributed by atoms with Crippen LogP contribution in [0.3, 0.4) is 0 Å². The lowest BCUT2D eigenvalue weighted by Crippen LogP contribution is -2.53. The van der Waals surface area contributed by atoms with E-state index >= 15 is 0 Å². The number of nitrogens with one attached hydrogen (secondary N) is 2. The van der Waals surface area contributed by atoms with Crippen LogP contribution in [0.4, 0.5) is 0 Å². The molecule has 1 aliphatic heterocycles. The number of amides is 2. The van der Waals surface area contributed by atoms with Gasteiger partial charge in [0.15, 0.2) is 0 Å². The quantitative estimate of drug-likeness (QED) is 0.313. The summed E-state index contributed by atoms with van der Waals surface area (Å²) in [6.45, 7) is 8.82. The molecule has 200 valence electrons. The Balaban J connectivity index is 2.07. The molecular weight excluding hydrogens is 462 g/mol. The van der Waals surface area contributed by atoms with Gasteiger partial charge in [0.2, 0.25) is 11.8 Å². The number of aliphatic carboxylic acids is 1. The molecule has 0 radical (unpaired) electrons. The van der Waals surface area contributed by atoms with Gasteiger partial charge in [-0.1, -0.05) is 39.3 Å². The minimum absolute atomic E-state index is 0.000640. The summed E-state index contributed by atoms with van der Waals surface area (Å²) in [6.07, 6.45) is 4.23. The van der Waals surface area contributed by atoms with Gasteiger partial charge >= 0.3 is 11.9 Å². The van der Waals surface area contributed by atoms with Crippen LogP contribution in [0.2, 0.25) is 0 Å². The normalized spacial score (nSPS) is 20.2. The first kappa shape index (κ1) is 29.3. The summed E-state index contributed by atoms with van der Waals surface area (Å²) >= 11 is 0. The van der Waals surface area contributed by atoms with E-state index in [1.807, 2.05) is 12.1 Å². The Morgan fingerprint density at radius 2 is 1.89 bits per heavy atom. The van der Waals surface area contributed by atoms with Gasteiger partial charge in [0.1, 0.15) is 17.8 Å². The molecule has 3 N–H and O–H groups in total. The van der Waals surface area contributed by atoms with E-state index in [-0.39, 0.29) is 24.2 Å². The molecule has 2 amide bonds. The van der Waals surface area contributed by atoms with E-state index in [1.165, 1.54) is 13.3 Å². The Bertz CT molecular complexity index is 934. The summed E-state index contributed by atoms with van der Waals surface area (Å²) in [4.78, 5) is 50.7. The van der Waals surface area contributed by atoms with Gasteiger partial charge in [-0.25, -0.2) is 4.79 Å². The van der Waals surface area contributed by atoms with Crippen LogP contribution in [0.5, 0.6) is 5.75 Å². The summed E-state index contributed by atoms with van der Waals surface area (Å²) in [7, 11) is 2.14. The molecule has 36 heavy (non-hydrogen) atoms. The van der Waals surface area contributed by atoms with Crippen molar-refractivity contribution in [1.29, 1.82) is 0 Å². The molecule has 3 atom stereocenters. The van der Waals surface area contributed by atoms with E-state index in [4.69, 9.17) is 4.74 Å². The maximum Gasteiger partial charge on any atom is 0.326 e. The minimum Gasteiger partial charge on any atom is -0.480 e. The van der Waals surface area contributed by atoms with Crippen molar-refractivity contribution >= 4 is 23.8 Å². The van der Waals surface area contributed by atoms with Gasteiger partial charge in [-0.05, 0) is 62.9 Å². The van der Waals surface area contributed by atoms with E-state index in [0.29, 0.717) is 5.75 Å². The monoisotopic (exact) mass is 503 g/mol. The lowest BCUT2D eigenvalue weighted by molar-refractivity contribution is -0.143. The number of esters is 1. The van der Waals surface area contributed by atoms with Crippen LogP contribution in [0, 0.1) is 5.92 Å². The van der Waals surface area contributed by atoms with Crippen molar-refractivity contribution in [2.24, 2.45) is 5.92 Å². The lowest BCUT2D eigenvalue weighted by Gasteiger charge is -2.35. The Hall–Kier alpha value is -2.94. The van der Waals surface area contributed by atoms with Gasteiger partial charge in [0.25, 0.3) is 0 Å². The molecular formula is C27H41N3O6. The zero-order valence-corrected chi connectivity index (χ0v) is 22.1. The molecule has 1 fully saturated rings. The molecule has 0 spiro atoms. The second-order valence-corrected chi connectivity index (χ2v) is 10.2. The first-order chi connectivity index (χ1) is 17.0. The fourth-order valence-electron chi connectivity index (χ4n) is 4.86. The Kier molecular flexibility index (Phi) is 10.9. The van der Waals surface area contributed by atoms with E-state index in [0.717, 1.165) is 37.9 Å². The summed E-state index contributed by atoms with van der Waals surface area (Å²) in [6, 6.07) is 5.50. The number of ether oxygens (including phenoxy) is 1. The van der Waals surface area contributed by atoms with Crippen molar-refractivity contribution in [3.05, 3.63) is 29.8 Å². The molecule has 0 aromatic heterocycles. The van der Waals surface area contributed by atoms with Crippen LogP contribution in [0.25, 0.3) is 0 Å². The average Bonchev–Trinajstić information content (AvgIpc) is 3.01. The van der Waals surface area contributed by atoms with Crippen molar-refractivity contribution in [3.8, 4) is 5.75 Å². The van der Waals surface area contributed by atoms with Gasteiger partial charge in [0, 0.05) is 25.3 Å². The van der Waals surface area contributed by atoms with Crippen LogP contribution in [-0.4, -0.2) is 66.0 Å². The van der Waals surface area contributed by atoms with Crippen molar-refractivity contribution in [2.45, 2.75) is 83.7 Å². The molecule has 3 unspecified atom stereocenters. The van der Waals surface area contributed by atoms with Gasteiger partial charge in [-0.15, -0.1) is 0 Å². The van der Waals surface area contributed by atoms with Gasteiger partial charge < -0.3 is 25.4 Å². The molecule has 1 heterocycles. The predicted molar refractivity (Wildman–Crippen MR) is 137 cm³/mol. The summed E-state index contributed by atoms with van der Waals surface area (Å²) in [5.74, 6) is -2.69. The van der Waals surface area contributed by atoms with Crippen molar-refractivity contribution < 1.29 is 29.0 Å². The fourth-order valence-corrected chi connectivity index (χ4v) is 4.86. The first-order valence-corrected chi connectivity index (χ1v) is 12.8. The number of hydrogen-bond donors (Lipinski definition) is 3. The van der Waals surface area contributed by atoms with Gasteiger partial charge in [0.05, 0.1) is 0 Å². The third-order valence-electron chi connectivity index (χ3n) is 6.93. The number of likely N-dealkylation sites (N-methyl/N-ethyl adjacent to an activating group) is 1. The number of carboxylic acid groups (broad SMARTS) is 1. The maximum atomic E-state index is 12.7. The molecule has 1 aromatic rings. The molecule has 0 bridgehead atoms. The third-order valence-corrected chi connectivity index (χ3v) is 6.93. The summed E-state index contributed by atoms with van der Waals surface area (Å²) in [5.41, 5.74) is 1.15. The fraction of sp³-hybridized carbons (Fsp3) is 0.630. The Labute approximate surface area is 214 Å². The predicted octanol–water partition coefficient (Wildman–Crippen LogP) is 2.87. The smallest absolute Gasteiger partial charge is 0.326 e. The van der Waals surface area contributed by atoms with Crippen LogP contribution in [0.15, 0.2) is 24.3 Å². The Morgan fingerprint density at radius 1 is 1.17 bits per heavy atom. The molecule has 2 rings (SSSR count). The number of hydrogen-bond acceptors (Lipinski definition) is 6. The molecule has 1 saturated heterocycles. The van der Waals surface area contributed by atoms with E-state index in [9.17, 15) is 24.3 Å². The van der Waals surface area contributed by atoms with Crippen LogP contribution < -0.4 is 15.4 Å². The van der Waals surface area contributed by atoms with Crippen LogP contribution in [-0.2, 0) is 24.6 Å². The SMILES string of the molecule is CCC1(c2cccc(OC(=O)CCC(NC(C)=O)C(=O)NC(C(=O)O)C(C)C)c2)CCCCN(C)C1. The van der Waals surface area contributed by atoms with Gasteiger partial charge in [-0.2, -0.15) is 0 Å². The van der Waals surface area contributed by atoms with E-state index in [2.05, 4.69) is 35.6 Å². The standard InChI is InChI=1S/C27H41N3O6/c1-6-27(14-7-8-15-30(5)17-27)20-10-9-11-21(16-20)36-23(32)13-12-22(28-19(4)31)25(33)29-24(18(2)3)26(34)35/h9-11,16,18,22,24H,6-8,12-15,17H2,1-5H3,(H,28,31)(H,29,33)(H,34,35). The van der Waals surface area contributed by atoms with E-state index in [1.54, 1.807) is 19.9 Å². The zero-order valence-electron chi connectivity index (χ0n) is 22.1. The van der Waals surface area contributed by atoms with Crippen molar-refractivity contribution in [3.63, 3.8) is 0 Å². The highest BCUT2D eigenvalue weighted by Gasteiger charge is 2.33. The molecule has 0 saturated carbocycles. The molecule has 9 nitrogen and oxygen atoms in total. The number of carboxylic acids is 1. The number of carbonyl (C=O) groups excluding carboxylic acids is 3. The van der Waals surface area contributed by atoms with Gasteiger partial charge in [-0.3, -0.25) is 14.4 Å². The van der Waals surface area contributed by atoms with Crippen LogP contribution in [0.1, 0.15) is 71.8 Å². The second-order valence-electron chi connectivity index (χ2n) is 10.2. The second kappa shape index (κ2) is 13.4. The molecule has 9 heteroatoms. The highest BCUT2D eigenvalue weighted by Crippen LogP contribution is 2.37. The number of carbonyl (C=O) groups is 4. The Morgan fingerprint density at radius 3 is 2.50 bits per heavy atom. The number of rotatable bonds is 11. The first-order valence-electron chi connectivity index (χ1n) is 12.8. The highest BCUT2D eigenvalue weighted by atomic mass is 16.5. The average molecular weight is 504 g/mol. The number of benzene rings is 1. The zero-order chi connectivity index (χ0) is 26.9. The molecule has 0 aliphatic carbocycles. The number of nitrogens with zero attached hydrogens (tertiary/aromatic N) is 1. The lowest BCUT2D eigenvalue weighted by atomic mass is 9.74. The maximum absolute atomic E-state index is 12.7. The van der Waals surface area contributed by atoms with Crippen molar-refractivity contribution in [1.82, 2.24) is 15.5 Å². The molecule has 1 aromatic carbocycles. The summed E-state index contributed by atoms with van der Waals surface area (Å²) in [5, 5.41) is 14.3. The van der Waals surface area contributed by atoms with Crippen molar-refractivity contribution in [2.75, 3.05) is 20.1 Å². The van der Waals surface area contributed by atoms with Crippen LogP contribution >= 0.6 is 0 Å². The third kappa shape index (κ3) is 8.33. The highest BCUT2D eigenvalue weighted by molar-refractivity contribution is 5.90. The minimum atomic E-state index is -1.16. The topological polar surface area (TPSA) is 125 Å². The van der Waals surface area contributed by atoms with E-state index < -0.39 is 35.8 Å². The number of likely N-dealkylation sites (tertiary alicyclic amines) is 1.